The third-order valence-corrected chi connectivity index (χ3v) is 5.35. The predicted molar refractivity (Wildman–Crippen MR) is 101 cm³/mol. The lowest BCUT2D eigenvalue weighted by atomic mass is 10.1. The first kappa shape index (κ1) is 15.3. The first-order valence-corrected chi connectivity index (χ1v) is 9.09. The van der Waals surface area contributed by atoms with Gasteiger partial charge in [0.15, 0.2) is 5.65 Å². The number of hydrogen-bond donors (Lipinski definition) is 0. The van der Waals surface area contributed by atoms with Crippen LogP contribution in [0.25, 0.3) is 16.6 Å². The Morgan fingerprint density at radius 1 is 1.27 bits per heavy atom. The summed E-state index contributed by atoms with van der Waals surface area (Å²) in [5, 5.41) is 19.6. The number of aromatic nitrogens is 5. The molecule has 1 aliphatic heterocycles. The molecule has 1 atom stereocenters. The average Bonchev–Trinajstić information content (AvgIpc) is 3.25. The number of hydrogen-bond acceptors (Lipinski definition) is 5. The van der Waals surface area contributed by atoms with E-state index in [0.717, 1.165) is 34.3 Å². The van der Waals surface area contributed by atoms with Gasteiger partial charge >= 0.3 is 0 Å². The lowest BCUT2D eigenvalue weighted by Gasteiger charge is -2.33. The Bertz CT molecular complexity index is 1200. The van der Waals surface area contributed by atoms with Crippen LogP contribution in [0.1, 0.15) is 24.2 Å². The van der Waals surface area contributed by atoms with Crippen LogP contribution >= 0.6 is 15.9 Å². The number of anilines is 1. The van der Waals surface area contributed by atoms with E-state index in [9.17, 15) is 5.26 Å². The van der Waals surface area contributed by atoms with Gasteiger partial charge in [0.1, 0.15) is 18.2 Å². The van der Waals surface area contributed by atoms with Gasteiger partial charge in [-0.25, -0.2) is 4.98 Å². The molecular formula is C18H14BrN7. The molecule has 4 aromatic rings. The van der Waals surface area contributed by atoms with E-state index in [1.165, 1.54) is 12.0 Å². The van der Waals surface area contributed by atoms with Gasteiger partial charge in [0.2, 0.25) is 0 Å². The molecule has 128 valence electrons. The van der Waals surface area contributed by atoms with Crippen molar-refractivity contribution in [1.29, 1.82) is 5.26 Å². The van der Waals surface area contributed by atoms with Crippen molar-refractivity contribution in [2.24, 2.45) is 0 Å². The molecular weight excluding hydrogens is 394 g/mol. The fourth-order valence-corrected chi connectivity index (χ4v) is 4.04. The third-order valence-electron chi connectivity index (χ3n) is 4.85. The van der Waals surface area contributed by atoms with Crippen LogP contribution in [0.3, 0.4) is 0 Å². The highest BCUT2D eigenvalue weighted by Crippen LogP contribution is 2.32. The molecule has 0 saturated heterocycles. The highest BCUT2D eigenvalue weighted by Gasteiger charge is 2.27. The maximum atomic E-state index is 9.28. The fourth-order valence-electron chi connectivity index (χ4n) is 3.69. The summed E-state index contributed by atoms with van der Waals surface area (Å²) in [6.45, 7) is 3.70. The molecule has 0 aliphatic carbocycles. The zero-order valence-electron chi connectivity index (χ0n) is 14.0. The number of pyridine rings is 1. The van der Waals surface area contributed by atoms with Gasteiger partial charge in [0.25, 0.3) is 0 Å². The van der Waals surface area contributed by atoms with E-state index >= 15 is 0 Å². The smallest absolute Gasteiger partial charge is 0.175 e. The number of benzene rings is 1. The van der Waals surface area contributed by atoms with Crippen LogP contribution in [0, 0.1) is 11.3 Å². The summed E-state index contributed by atoms with van der Waals surface area (Å²) >= 11 is 3.52. The minimum Gasteiger partial charge on any atom is -0.348 e. The molecule has 0 fully saturated rings. The number of rotatable bonds is 1. The summed E-state index contributed by atoms with van der Waals surface area (Å²) in [6.07, 6.45) is 1.49. The van der Waals surface area contributed by atoms with Crippen LogP contribution in [0.4, 0.5) is 5.82 Å². The Morgan fingerprint density at radius 3 is 3.00 bits per heavy atom. The van der Waals surface area contributed by atoms with Crippen molar-refractivity contribution in [3.63, 3.8) is 0 Å². The minimum absolute atomic E-state index is 0.221. The molecule has 0 unspecified atom stereocenters. The van der Waals surface area contributed by atoms with Gasteiger partial charge in [-0.3, -0.25) is 4.68 Å². The Balaban J connectivity index is 1.65. The summed E-state index contributed by atoms with van der Waals surface area (Å²) in [5.74, 6) is 0.932. The topological polar surface area (TPSA) is 75.0 Å². The lowest BCUT2D eigenvalue weighted by molar-refractivity contribution is 0.427. The van der Waals surface area contributed by atoms with Crippen molar-refractivity contribution in [2.75, 3.05) is 11.4 Å². The van der Waals surface area contributed by atoms with Crippen LogP contribution < -0.4 is 4.90 Å². The molecule has 0 N–H and O–H groups in total. The second-order valence-corrected chi connectivity index (χ2v) is 7.41. The van der Waals surface area contributed by atoms with E-state index in [1.807, 2.05) is 18.2 Å². The summed E-state index contributed by atoms with van der Waals surface area (Å²) in [6, 6.07) is 12.4. The summed E-state index contributed by atoms with van der Waals surface area (Å²) in [7, 11) is 0. The molecule has 7 nitrogen and oxygen atoms in total. The van der Waals surface area contributed by atoms with Crippen molar-refractivity contribution in [3.8, 4) is 6.07 Å². The normalized spacial score (nSPS) is 16.8. The molecule has 0 amide bonds. The molecule has 3 aromatic heterocycles. The van der Waals surface area contributed by atoms with E-state index in [0.29, 0.717) is 11.2 Å². The Labute approximate surface area is 157 Å². The zero-order valence-corrected chi connectivity index (χ0v) is 15.6. The van der Waals surface area contributed by atoms with E-state index in [1.54, 1.807) is 4.52 Å². The maximum Gasteiger partial charge on any atom is 0.175 e. The van der Waals surface area contributed by atoms with Crippen molar-refractivity contribution in [2.45, 2.75) is 19.5 Å². The summed E-state index contributed by atoms with van der Waals surface area (Å²) < 4.78 is 4.90. The van der Waals surface area contributed by atoms with E-state index < -0.39 is 0 Å². The minimum atomic E-state index is 0.221. The molecule has 4 heterocycles. The second kappa shape index (κ2) is 5.54. The Morgan fingerprint density at radius 2 is 2.15 bits per heavy atom. The number of nitrogens with zero attached hydrogens (tertiary/aromatic N) is 7. The lowest BCUT2D eigenvalue weighted by Crippen LogP contribution is -2.37. The van der Waals surface area contributed by atoms with E-state index in [-0.39, 0.29) is 6.04 Å². The van der Waals surface area contributed by atoms with Crippen LogP contribution in [-0.2, 0) is 6.54 Å². The maximum absolute atomic E-state index is 9.28. The molecule has 0 saturated carbocycles. The van der Waals surface area contributed by atoms with Gasteiger partial charge in [0.05, 0.1) is 29.4 Å². The van der Waals surface area contributed by atoms with Crippen molar-refractivity contribution in [3.05, 3.63) is 52.4 Å². The van der Waals surface area contributed by atoms with Gasteiger partial charge in [0, 0.05) is 16.4 Å². The highest BCUT2D eigenvalue weighted by atomic mass is 79.9. The van der Waals surface area contributed by atoms with Gasteiger partial charge in [-0.1, -0.05) is 15.9 Å². The Kier molecular flexibility index (Phi) is 3.27. The summed E-state index contributed by atoms with van der Waals surface area (Å²) in [4.78, 5) is 6.51. The van der Waals surface area contributed by atoms with Gasteiger partial charge < -0.3 is 4.90 Å². The predicted octanol–water partition coefficient (Wildman–Crippen LogP) is 3.29. The number of fused-ring (bicyclic) bond motifs is 4. The van der Waals surface area contributed by atoms with Gasteiger partial charge in [-0.05, 0) is 37.3 Å². The van der Waals surface area contributed by atoms with Crippen molar-refractivity contribution in [1.82, 2.24) is 24.4 Å². The van der Waals surface area contributed by atoms with E-state index in [4.69, 9.17) is 5.10 Å². The third kappa shape index (κ3) is 2.14. The number of nitriles is 1. The Hall–Kier alpha value is -2.92. The van der Waals surface area contributed by atoms with Gasteiger partial charge in [-0.15, -0.1) is 0 Å². The standard InChI is InChI=1S/C18H14BrN7/c1-11-8-24(17-5-2-12(7-20)18-21-10-22-26(17)18)9-16-14-4-3-13(19)6-15(14)23-25(11)16/h2-6,10-11H,8-9H2,1H3/t11-/m1/s1. The fraction of sp³-hybridized carbons (Fsp3) is 0.222. The van der Waals surface area contributed by atoms with Crippen molar-refractivity contribution < 1.29 is 0 Å². The molecule has 5 rings (SSSR count). The van der Waals surface area contributed by atoms with Crippen LogP contribution in [0.15, 0.2) is 41.1 Å². The van der Waals surface area contributed by atoms with Gasteiger partial charge in [-0.2, -0.15) is 20.0 Å². The first-order chi connectivity index (χ1) is 12.7. The molecule has 26 heavy (non-hydrogen) atoms. The van der Waals surface area contributed by atoms with Crippen LogP contribution in [-0.4, -0.2) is 30.9 Å². The molecule has 0 bridgehead atoms. The summed E-state index contributed by atoms with van der Waals surface area (Å²) in [5.41, 5.74) is 3.29. The average molecular weight is 408 g/mol. The quantitative estimate of drug-likeness (QED) is 0.483. The molecule has 0 spiro atoms. The second-order valence-electron chi connectivity index (χ2n) is 6.49. The SMILES string of the molecule is C[C@@H]1CN(c2ccc(C#N)c3ncnn23)Cc2c3ccc(Br)cc3nn21. The number of halogens is 1. The monoisotopic (exact) mass is 407 g/mol. The zero-order chi connectivity index (χ0) is 17.8. The molecule has 0 radical (unpaired) electrons. The van der Waals surface area contributed by atoms with Crippen LogP contribution in [0.2, 0.25) is 0 Å². The van der Waals surface area contributed by atoms with Crippen molar-refractivity contribution >= 4 is 38.3 Å². The molecule has 1 aliphatic rings. The van der Waals surface area contributed by atoms with Crippen LogP contribution in [0.5, 0.6) is 0 Å². The molecule has 1 aromatic carbocycles. The van der Waals surface area contributed by atoms with E-state index in [2.05, 4.69) is 60.7 Å². The first-order valence-electron chi connectivity index (χ1n) is 8.30. The molecule has 8 heteroatoms. The largest absolute Gasteiger partial charge is 0.348 e. The highest BCUT2D eigenvalue weighted by molar-refractivity contribution is 9.10.